The fourth-order valence-corrected chi connectivity index (χ4v) is 2.93. The van der Waals surface area contributed by atoms with Crippen LogP contribution in [0.2, 0.25) is 0 Å². The summed E-state index contributed by atoms with van der Waals surface area (Å²) in [5, 5.41) is 2.80. The van der Waals surface area contributed by atoms with Crippen molar-refractivity contribution in [2.24, 2.45) is 0 Å². The second kappa shape index (κ2) is 3.72. The lowest BCUT2D eigenvalue weighted by Gasteiger charge is -2.13. The Morgan fingerprint density at radius 2 is 2.17 bits per heavy atom. The lowest BCUT2D eigenvalue weighted by atomic mass is 10.4. The first-order chi connectivity index (χ1) is 5.52. The van der Waals surface area contributed by atoms with E-state index in [2.05, 4.69) is 10.0 Å². The monoisotopic (exact) mass is 192 g/mol. The highest BCUT2D eigenvalue weighted by Crippen LogP contribution is 2.08. The fraction of sp³-hybridized carbons (Fsp3) is 1.00. The molecule has 0 aromatic heterocycles. The minimum Gasteiger partial charge on any atom is -0.315 e. The average Bonchev–Trinajstić information content (AvgIpc) is 2.32. The van der Waals surface area contributed by atoms with Crippen LogP contribution in [0, 0.1) is 0 Å². The quantitative estimate of drug-likeness (QED) is 0.644. The van der Waals surface area contributed by atoms with E-state index in [-0.39, 0.29) is 11.3 Å². The minimum atomic E-state index is -3.07. The van der Waals surface area contributed by atoms with Crippen LogP contribution in [0.5, 0.6) is 0 Å². The normalized spacial score (nSPS) is 25.1. The number of hydrogen-bond donors (Lipinski definition) is 2. The zero-order valence-electron chi connectivity index (χ0n) is 7.50. The second-order valence-corrected chi connectivity index (χ2v) is 5.42. The van der Waals surface area contributed by atoms with Crippen molar-refractivity contribution in [2.45, 2.75) is 31.6 Å². The van der Waals surface area contributed by atoms with Gasteiger partial charge in [0.15, 0.2) is 0 Å². The molecule has 72 valence electrons. The van der Waals surface area contributed by atoms with Gasteiger partial charge in [0.2, 0.25) is 10.0 Å². The van der Waals surface area contributed by atoms with Gasteiger partial charge in [0.1, 0.15) is 0 Å². The molecule has 0 spiro atoms. The van der Waals surface area contributed by atoms with Gasteiger partial charge in [0, 0.05) is 12.6 Å². The number of nitrogens with one attached hydrogen (secondary N) is 2. The molecule has 1 heterocycles. The first kappa shape index (κ1) is 9.95. The Labute approximate surface area is 73.8 Å². The van der Waals surface area contributed by atoms with Crippen molar-refractivity contribution >= 4 is 10.0 Å². The molecule has 0 bridgehead atoms. The summed E-state index contributed by atoms with van der Waals surface area (Å²) in [4.78, 5) is 0. The molecule has 0 saturated carbocycles. The highest BCUT2D eigenvalue weighted by Gasteiger charge is 2.28. The van der Waals surface area contributed by atoms with Crippen LogP contribution in [0.3, 0.4) is 0 Å². The van der Waals surface area contributed by atoms with Gasteiger partial charge >= 0.3 is 0 Å². The molecule has 12 heavy (non-hydrogen) atoms. The Bertz CT molecular complexity index is 230. The van der Waals surface area contributed by atoms with E-state index in [1.54, 1.807) is 0 Å². The molecule has 0 unspecified atom stereocenters. The van der Waals surface area contributed by atoms with E-state index in [4.69, 9.17) is 0 Å². The van der Waals surface area contributed by atoms with Gasteiger partial charge in [0.25, 0.3) is 0 Å². The van der Waals surface area contributed by atoms with Crippen molar-refractivity contribution in [1.82, 2.24) is 10.0 Å². The Hall–Kier alpha value is -0.130. The van der Waals surface area contributed by atoms with Crippen molar-refractivity contribution < 1.29 is 8.42 Å². The Balaban J connectivity index is 2.58. The van der Waals surface area contributed by atoms with Crippen molar-refractivity contribution in [3.63, 3.8) is 0 Å². The van der Waals surface area contributed by atoms with Gasteiger partial charge < -0.3 is 5.32 Å². The van der Waals surface area contributed by atoms with Crippen molar-refractivity contribution in [2.75, 3.05) is 13.1 Å². The van der Waals surface area contributed by atoms with Gasteiger partial charge in [-0.25, -0.2) is 13.1 Å². The first-order valence-corrected chi connectivity index (χ1v) is 5.79. The first-order valence-electron chi connectivity index (χ1n) is 4.24. The van der Waals surface area contributed by atoms with Crippen LogP contribution < -0.4 is 10.0 Å². The van der Waals surface area contributed by atoms with E-state index in [0.717, 1.165) is 13.0 Å². The molecule has 0 aromatic carbocycles. The summed E-state index contributed by atoms with van der Waals surface area (Å²) < 4.78 is 25.6. The van der Waals surface area contributed by atoms with E-state index >= 15 is 0 Å². The third-order valence-electron chi connectivity index (χ3n) is 1.85. The number of sulfonamides is 1. The smallest absolute Gasteiger partial charge is 0.216 e. The minimum absolute atomic E-state index is 0.00407. The highest BCUT2D eigenvalue weighted by molar-refractivity contribution is 7.90. The Morgan fingerprint density at radius 3 is 2.58 bits per heavy atom. The van der Waals surface area contributed by atoms with Gasteiger partial charge in [0.05, 0.1) is 5.25 Å². The standard InChI is InChI=1S/C7H16N2O2S/c1-6(2)9-12(10,11)7-3-4-8-5-7/h6-9H,3-5H2,1-2H3/t7-/m1/s1. The maximum absolute atomic E-state index is 11.5. The molecule has 1 fully saturated rings. The van der Waals surface area contributed by atoms with Gasteiger partial charge in [-0.05, 0) is 26.8 Å². The lowest BCUT2D eigenvalue weighted by molar-refractivity contribution is 0.556. The molecule has 0 radical (unpaired) electrons. The van der Waals surface area contributed by atoms with Crippen molar-refractivity contribution in [3.05, 3.63) is 0 Å². The maximum atomic E-state index is 11.5. The van der Waals surface area contributed by atoms with Crippen molar-refractivity contribution in [1.29, 1.82) is 0 Å². The summed E-state index contributed by atoms with van der Waals surface area (Å²) in [6.45, 7) is 5.06. The lowest BCUT2D eigenvalue weighted by Crippen LogP contribution is -2.39. The zero-order chi connectivity index (χ0) is 9.19. The molecule has 0 amide bonds. The fourth-order valence-electron chi connectivity index (χ4n) is 1.32. The SMILES string of the molecule is CC(C)NS(=O)(=O)[C@@H]1CCNC1. The summed E-state index contributed by atoms with van der Waals surface area (Å²) >= 11 is 0. The molecule has 1 aliphatic heterocycles. The molecule has 4 nitrogen and oxygen atoms in total. The molecule has 1 atom stereocenters. The van der Waals surface area contributed by atoms with Crippen LogP contribution in [0.25, 0.3) is 0 Å². The molecular formula is C7H16N2O2S. The van der Waals surface area contributed by atoms with Gasteiger partial charge in [-0.1, -0.05) is 0 Å². The van der Waals surface area contributed by atoms with E-state index in [1.165, 1.54) is 0 Å². The second-order valence-electron chi connectivity index (χ2n) is 3.43. The molecule has 5 heteroatoms. The van der Waals surface area contributed by atoms with Crippen LogP contribution >= 0.6 is 0 Å². The number of hydrogen-bond acceptors (Lipinski definition) is 3. The Kier molecular flexibility index (Phi) is 3.09. The predicted octanol–water partition coefficient (Wildman–Crippen LogP) is -0.324. The summed E-state index contributed by atoms with van der Waals surface area (Å²) in [7, 11) is -3.07. The van der Waals surface area contributed by atoms with Crippen molar-refractivity contribution in [3.8, 4) is 0 Å². The predicted molar refractivity (Wildman–Crippen MR) is 48.5 cm³/mol. The average molecular weight is 192 g/mol. The molecule has 0 aliphatic carbocycles. The van der Waals surface area contributed by atoms with Crippen LogP contribution in [-0.2, 0) is 10.0 Å². The van der Waals surface area contributed by atoms with E-state index in [1.807, 2.05) is 13.8 Å². The topological polar surface area (TPSA) is 58.2 Å². The molecule has 1 rings (SSSR count). The zero-order valence-corrected chi connectivity index (χ0v) is 8.32. The molecule has 0 aromatic rings. The number of rotatable bonds is 3. The third kappa shape index (κ3) is 2.43. The molecule has 2 N–H and O–H groups in total. The summed E-state index contributed by atoms with van der Waals surface area (Å²) in [5.41, 5.74) is 0. The molecule has 1 saturated heterocycles. The van der Waals surface area contributed by atoms with Crippen LogP contribution in [0.15, 0.2) is 0 Å². The molecular weight excluding hydrogens is 176 g/mol. The largest absolute Gasteiger partial charge is 0.315 e. The Morgan fingerprint density at radius 1 is 1.50 bits per heavy atom. The summed E-state index contributed by atoms with van der Waals surface area (Å²) in [6.07, 6.45) is 0.724. The van der Waals surface area contributed by atoms with Gasteiger partial charge in [-0.3, -0.25) is 0 Å². The van der Waals surface area contributed by atoms with Gasteiger partial charge in [-0.2, -0.15) is 0 Å². The van der Waals surface area contributed by atoms with E-state index < -0.39 is 10.0 Å². The van der Waals surface area contributed by atoms with Crippen LogP contribution in [-0.4, -0.2) is 32.8 Å². The highest BCUT2D eigenvalue weighted by atomic mass is 32.2. The summed E-state index contributed by atoms with van der Waals surface area (Å²) in [6, 6.07) is -0.00407. The van der Waals surface area contributed by atoms with E-state index in [0.29, 0.717) is 6.54 Å². The maximum Gasteiger partial charge on any atom is 0.216 e. The van der Waals surface area contributed by atoms with E-state index in [9.17, 15) is 8.42 Å². The van der Waals surface area contributed by atoms with Crippen LogP contribution in [0.1, 0.15) is 20.3 Å². The third-order valence-corrected chi connectivity index (χ3v) is 3.93. The van der Waals surface area contributed by atoms with Crippen LogP contribution in [0.4, 0.5) is 0 Å². The van der Waals surface area contributed by atoms with Gasteiger partial charge in [-0.15, -0.1) is 0 Å². The molecule has 1 aliphatic rings. The summed E-state index contributed by atoms with van der Waals surface area (Å²) in [5.74, 6) is 0.